The second-order valence-corrected chi connectivity index (χ2v) is 7.43. The largest absolute Gasteiger partial charge is 0.489 e. The topological polar surface area (TPSA) is 114 Å². The second-order valence-electron chi connectivity index (χ2n) is 7.43. The molecule has 0 amide bonds. The summed E-state index contributed by atoms with van der Waals surface area (Å²) in [6, 6.07) is 15.8. The zero-order valence-electron chi connectivity index (χ0n) is 17.7. The van der Waals surface area contributed by atoms with Crippen molar-refractivity contribution in [2.45, 2.75) is 33.6 Å². The van der Waals surface area contributed by atoms with Crippen molar-refractivity contribution in [1.29, 1.82) is 0 Å². The Balaban J connectivity index is 1.73. The third kappa shape index (κ3) is 4.44. The van der Waals surface area contributed by atoms with E-state index in [1.54, 1.807) is 0 Å². The molecule has 0 saturated heterocycles. The molecule has 8 heteroatoms. The number of imidazole rings is 1. The normalized spacial score (nSPS) is 11.1. The molecule has 0 aliphatic rings. The smallest absolute Gasteiger partial charge is 0.174 e. The number of pyridine rings is 1. The zero-order valence-corrected chi connectivity index (χ0v) is 17.7. The first-order chi connectivity index (χ1) is 15.1. The van der Waals surface area contributed by atoms with E-state index < -0.39 is 0 Å². The molecule has 0 fully saturated rings. The zero-order chi connectivity index (χ0) is 21.8. The van der Waals surface area contributed by atoms with E-state index in [-0.39, 0.29) is 6.61 Å². The Hall–Kier alpha value is -3.65. The minimum atomic E-state index is 0.221. The summed E-state index contributed by atoms with van der Waals surface area (Å²) in [6.45, 7) is 5.48. The van der Waals surface area contributed by atoms with Crippen LogP contribution in [0.4, 0.5) is 5.82 Å². The van der Waals surface area contributed by atoms with Gasteiger partial charge in [0.1, 0.15) is 17.9 Å². The Morgan fingerprint density at radius 1 is 1.06 bits per heavy atom. The van der Waals surface area contributed by atoms with Crippen LogP contribution in [0, 0.1) is 0 Å². The highest BCUT2D eigenvalue weighted by Crippen LogP contribution is 2.31. The highest BCUT2D eigenvalue weighted by atomic mass is 16.6. The highest BCUT2D eigenvalue weighted by Gasteiger charge is 2.18. The molecule has 4 aromatic rings. The molecule has 0 aliphatic heterocycles. The van der Waals surface area contributed by atoms with E-state index in [0.29, 0.717) is 36.9 Å². The fourth-order valence-corrected chi connectivity index (χ4v) is 3.47. The van der Waals surface area contributed by atoms with Crippen molar-refractivity contribution in [3.63, 3.8) is 0 Å². The predicted molar refractivity (Wildman–Crippen MR) is 123 cm³/mol. The Bertz CT molecular complexity index is 1230. The van der Waals surface area contributed by atoms with E-state index in [2.05, 4.69) is 15.1 Å². The lowest BCUT2D eigenvalue weighted by Gasteiger charge is -2.11. The summed E-state index contributed by atoms with van der Waals surface area (Å²) >= 11 is 0. The van der Waals surface area contributed by atoms with E-state index in [9.17, 15) is 0 Å². The predicted octanol–water partition coefficient (Wildman–Crippen LogP) is 3.62. The molecule has 2 heterocycles. The maximum absolute atomic E-state index is 6.27. The van der Waals surface area contributed by atoms with Gasteiger partial charge in [-0.05, 0) is 31.5 Å². The molecule has 0 saturated carbocycles. The highest BCUT2D eigenvalue weighted by molar-refractivity contribution is 6.06. The number of hydrogen-bond acceptors (Lipinski definition) is 7. The van der Waals surface area contributed by atoms with Gasteiger partial charge in [0.05, 0.1) is 16.7 Å². The van der Waals surface area contributed by atoms with Gasteiger partial charge in [0.2, 0.25) is 0 Å². The third-order valence-electron chi connectivity index (χ3n) is 4.80. The lowest BCUT2D eigenvalue weighted by Crippen LogP contribution is -2.13. The molecule has 31 heavy (non-hydrogen) atoms. The number of rotatable bonds is 8. The van der Waals surface area contributed by atoms with Crippen LogP contribution >= 0.6 is 0 Å². The number of benzene rings is 2. The molecule has 0 aliphatic carbocycles. The molecule has 4 N–H and O–H groups in total. The Morgan fingerprint density at radius 2 is 1.87 bits per heavy atom. The summed E-state index contributed by atoms with van der Waals surface area (Å²) in [4.78, 5) is 14.7. The number of fused-ring (bicyclic) bond motifs is 3. The fourth-order valence-electron chi connectivity index (χ4n) is 3.47. The lowest BCUT2D eigenvalue weighted by molar-refractivity contribution is 0.122. The van der Waals surface area contributed by atoms with Crippen molar-refractivity contribution in [3.8, 4) is 5.75 Å². The molecular weight excluding hydrogens is 392 g/mol. The fraction of sp³-hybridized carbons (Fsp3) is 0.261. The lowest BCUT2D eigenvalue weighted by atomic mass is 10.1. The number of ether oxygens (including phenoxy) is 1. The van der Waals surface area contributed by atoms with E-state index in [1.807, 2.05) is 66.9 Å². The van der Waals surface area contributed by atoms with Gasteiger partial charge in [-0.15, -0.1) is 0 Å². The van der Waals surface area contributed by atoms with E-state index in [1.165, 1.54) is 0 Å². The molecule has 0 atom stereocenters. The van der Waals surface area contributed by atoms with Crippen molar-refractivity contribution in [2.24, 2.45) is 10.9 Å². The summed E-state index contributed by atoms with van der Waals surface area (Å²) in [7, 11) is 0. The summed E-state index contributed by atoms with van der Waals surface area (Å²) in [5.41, 5.74) is 16.3. The standard InChI is InChI=1S/C23H26N6O2/c1-15(2)28-31-14-20-27-21-22(29(20)11-10-24)18-9-8-17(12-19(18)26-23(21)25)30-13-16-6-4-3-5-7-16/h3-9,12H,10-11,13-14,24H2,1-2H3,(H2,25,26). The number of nitrogens with zero attached hydrogens (tertiary/aromatic N) is 4. The van der Waals surface area contributed by atoms with Crippen LogP contribution in [0.1, 0.15) is 25.2 Å². The van der Waals surface area contributed by atoms with Crippen LogP contribution in [0.5, 0.6) is 5.75 Å². The van der Waals surface area contributed by atoms with Crippen LogP contribution in [-0.2, 0) is 24.6 Å². The number of nitrogen functional groups attached to an aromatic ring is 1. The summed E-state index contributed by atoms with van der Waals surface area (Å²) in [5, 5.41) is 4.93. The molecular formula is C23H26N6O2. The van der Waals surface area contributed by atoms with Crippen LogP contribution < -0.4 is 16.2 Å². The van der Waals surface area contributed by atoms with Crippen LogP contribution in [-0.4, -0.2) is 26.8 Å². The number of anilines is 1. The number of nitrogens with two attached hydrogens (primary N) is 2. The van der Waals surface area contributed by atoms with Gasteiger partial charge in [-0.3, -0.25) is 0 Å². The first-order valence-corrected chi connectivity index (χ1v) is 10.1. The van der Waals surface area contributed by atoms with Gasteiger partial charge in [0.15, 0.2) is 18.2 Å². The van der Waals surface area contributed by atoms with Gasteiger partial charge in [-0.1, -0.05) is 35.5 Å². The Kier molecular flexibility index (Phi) is 5.99. The minimum absolute atomic E-state index is 0.221. The maximum atomic E-state index is 6.27. The average Bonchev–Trinajstić information content (AvgIpc) is 3.12. The molecule has 160 valence electrons. The van der Waals surface area contributed by atoms with Crippen molar-refractivity contribution in [3.05, 3.63) is 59.9 Å². The van der Waals surface area contributed by atoms with Crippen molar-refractivity contribution in [2.75, 3.05) is 12.3 Å². The average molecular weight is 419 g/mol. The van der Waals surface area contributed by atoms with Gasteiger partial charge < -0.3 is 25.6 Å². The van der Waals surface area contributed by atoms with Gasteiger partial charge in [0, 0.05) is 24.5 Å². The minimum Gasteiger partial charge on any atom is -0.489 e. The molecule has 2 aromatic heterocycles. The van der Waals surface area contributed by atoms with Gasteiger partial charge in [-0.25, -0.2) is 9.97 Å². The molecule has 0 bridgehead atoms. The van der Waals surface area contributed by atoms with E-state index in [0.717, 1.165) is 33.4 Å². The van der Waals surface area contributed by atoms with Crippen LogP contribution in [0.3, 0.4) is 0 Å². The van der Waals surface area contributed by atoms with Crippen LogP contribution in [0.25, 0.3) is 21.9 Å². The second kappa shape index (κ2) is 9.01. The van der Waals surface area contributed by atoms with Crippen molar-refractivity contribution >= 4 is 33.5 Å². The first-order valence-electron chi connectivity index (χ1n) is 10.1. The molecule has 0 unspecified atom stereocenters. The Labute approximate surface area is 180 Å². The number of oxime groups is 1. The molecule has 4 rings (SSSR count). The van der Waals surface area contributed by atoms with Crippen molar-refractivity contribution in [1.82, 2.24) is 14.5 Å². The number of hydrogen-bond donors (Lipinski definition) is 2. The number of aromatic nitrogens is 3. The first kappa shape index (κ1) is 20.6. The van der Waals surface area contributed by atoms with Gasteiger partial charge in [0.25, 0.3) is 0 Å². The van der Waals surface area contributed by atoms with Crippen LogP contribution in [0.15, 0.2) is 53.7 Å². The molecule has 0 radical (unpaired) electrons. The van der Waals surface area contributed by atoms with Gasteiger partial charge >= 0.3 is 0 Å². The summed E-state index contributed by atoms with van der Waals surface area (Å²) in [5.74, 6) is 1.79. The summed E-state index contributed by atoms with van der Waals surface area (Å²) < 4.78 is 7.98. The SMILES string of the molecule is CC(C)=NOCc1nc2c(N)nc3cc(OCc4ccccc4)ccc3c2n1CCN. The maximum Gasteiger partial charge on any atom is 0.174 e. The van der Waals surface area contributed by atoms with Crippen molar-refractivity contribution < 1.29 is 9.57 Å². The molecule has 8 nitrogen and oxygen atoms in total. The van der Waals surface area contributed by atoms with Gasteiger partial charge in [-0.2, -0.15) is 0 Å². The van der Waals surface area contributed by atoms with E-state index >= 15 is 0 Å². The molecule has 0 spiro atoms. The summed E-state index contributed by atoms with van der Waals surface area (Å²) in [6.07, 6.45) is 0. The molecule has 2 aromatic carbocycles. The monoisotopic (exact) mass is 418 g/mol. The third-order valence-corrected chi connectivity index (χ3v) is 4.80. The Morgan fingerprint density at radius 3 is 2.61 bits per heavy atom. The van der Waals surface area contributed by atoms with Crippen LogP contribution in [0.2, 0.25) is 0 Å². The quantitative estimate of drug-likeness (QED) is 0.334. The van der Waals surface area contributed by atoms with E-state index in [4.69, 9.17) is 21.0 Å².